The standard InChI is InChI=1S/C23H19F3N4O/c1-13-9-18(15-3-6-17(7-4-15)23(24,25)26)22(31)21-19(11-28-30(13)21)16-5-8-20-27-10-14(2)29(20)12-16/h3-8,10-13,18H,9H2,1-2H3/t13-,18?/m0/s1. The SMILES string of the molecule is Cc1cnc2ccc(-c3cnn4c3C(=O)C(c3ccc(C(F)(F)F)cc3)C[C@@H]4C)cn12. The smallest absolute Gasteiger partial charge is 0.304 e. The third-order valence-electron chi connectivity index (χ3n) is 5.98. The molecule has 0 saturated carbocycles. The summed E-state index contributed by atoms with van der Waals surface area (Å²) >= 11 is 0. The fraction of sp³-hybridized carbons (Fsp3) is 0.261. The van der Waals surface area contributed by atoms with E-state index in [4.69, 9.17) is 0 Å². The fourth-order valence-corrected chi connectivity index (χ4v) is 4.32. The number of Topliss-reactive ketones (excluding diaryl/α,β-unsaturated/α-hetero) is 1. The number of carbonyl (C=O) groups is 1. The topological polar surface area (TPSA) is 52.2 Å². The molecule has 1 aromatic carbocycles. The Kier molecular flexibility index (Phi) is 4.28. The first-order valence-electron chi connectivity index (χ1n) is 9.97. The zero-order chi connectivity index (χ0) is 21.9. The summed E-state index contributed by atoms with van der Waals surface area (Å²) in [6, 6.07) is 8.61. The second-order valence-corrected chi connectivity index (χ2v) is 8.02. The normalized spacial score (nSPS) is 19.1. The number of rotatable bonds is 2. The molecule has 0 N–H and O–H groups in total. The zero-order valence-corrected chi connectivity index (χ0v) is 16.9. The Morgan fingerprint density at radius 3 is 2.52 bits per heavy atom. The predicted molar refractivity (Wildman–Crippen MR) is 109 cm³/mol. The van der Waals surface area contributed by atoms with Crippen molar-refractivity contribution in [2.24, 2.45) is 0 Å². The molecule has 8 heteroatoms. The van der Waals surface area contributed by atoms with Gasteiger partial charge >= 0.3 is 6.18 Å². The Labute approximate surface area is 176 Å². The van der Waals surface area contributed by atoms with Crippen LogP contribution < -0.4 is 0 Å². The van der Waals surface area contributed by atoms with E-state index >= 15 is 0 Å². The molecule has 4 heterocycles. The van der Waals surface area contributed by atoms with E-state index < -0.39 is 17.7 Å². The van der Waals surface area contributed by atoms with Crippen molar-refractivity contribution in [3.63, 3.8) is 0 Å². The Hall–Kier alpha value is -3.42. The van der Waals surface area contributed by atoms with E-state index in [1.54, 1.807) is 17.1 Å². The molecule has 3 aromatic heterocycles. The first-order chi connectivity index (χ1) is 14.7. The lowest BCUT2D eigenvalue weighted by Gasteiger charge is -2.28. The van der Waals surface area contributed by atoms with E-state index in [9.17, 15) is 18.0 Å². The summed E-state index contributed by atoms with van der Waals surface area (Å²) in [6.45, 7) is 3.91. The van der Waals surface area contributed by atoms with Crippen molar-refractivity contribution in [2.45, 2.75) is 38.4 Å². The Morgan fingerprint density at radius 1 is 1.06 bits per heavy atom. The van der Waals surface area contributed by atoms with Crippen molar-refractivity contribution in [3.05, 3.63) is 77.5 Å². The molecule has 2 atom stereocenters. The number of fused-ring (bicyclic) bond motifs is 2. The van der Waals surface area contributed by atoms with Crippen molar-refractivity contribution >= 4 is 11.4 Å². The number of aromatic nitrogens is 4. The molecule has 0 fully saturated rings. The average Bonchev–Trinajstić information content (AvgIpc) is 3.35. The molecule has 0 spiro atoms. The van der Waals surface area contributed by atoms with Crippen LogP contribution in [0.1, 0.15) is 52.6 Å². The van der Waals surface area contributed by atoms with Crippen molar-refractivity contribution < 1.29 is 18.0 Å². The number of nitrogens with zero attached hydrogens (tertiary/aromatic N) is 4. The van der Waals surface area contributed by atoms with Gasteiger partial charge in [0.05, 0.1) is 23.7 Å². The largest absolute Gasteiger partial charge is 0.416 e. The molecule has 0 aliphatic carbocycles. The fourth-order valence-electron chi connectivity index (χ4n) is 4.32. The molecule has 1 aliphatic rings. The maximum absolute atomic E-state index is 13.5. The maximum atomic E-state index is 13.5. The van der Waals surface area contributed by atoms with Gasteiger partial charge in [-0.1, -0.05) is 12.1 Å². The van der Waals surface area contributed by atoms with Crippen LogP contribution in [0.5, 0.6) is 0 Å². The number of alkyl halides is 3. The number of halogens is 3. The van der Waals surface area contributed by atoms with Crippen LogP contribution in [-0.2, 0) is 6.18 Å². The third-order valence-corrected chi connectivity index (χ3v) is 5.98. The average molecular weight is 424 g/mol. The first-order valence-corrected chi connectivity index (χ1v) is 9.97. The Balaban J connectivity index is 1.57. The second kappa shape index (κ2) is 6.80. The van der Waals surface area contributed by atoms with Crippen molar-refractivity contribution in [1.29, 1.82) is 0 Å². The van der Waals surface area contributed by atoms with E-state index in [-0.39, 0.29) is 11.8 Å². The lowest BCUT2D eigenvalue weighted by atomic mass is 9.83. The minimum Gasteiger partial charge on any atom is -0.304 e. The van der Waals surface area contributed by atoms with E-state index in [2.05, 4.69) is 10.1 Å². The van der Waals surface area contributed by atoms with Gasteiger partial charge in [-0.3, -0.25) is 9.48 Å². The first kappa shape index (κ1) is 19.5. The molecule has 1 aliphatic heterocycles. The van der Waals surface area contributed by atoms with Crippen LogP contribution >= 0.6 is 0 Å². The number of hydrogen-bond donors (Lipinski definition) is 0. The van der Waals surface area contributed by atoms with Gasteiger partial charge in [0.1, 0.15) is 11.3 Å². The summed E-state index contributed by atoms with van der Waals surface area (Å²) in [5.74, 6) is -0.647. The molecule has 5 nitrogen and oxygen atoms in total. The van der Waals surface area contributed by atoms with Crippen LogP contribution in [0.2, 0.25) is 0 Å². The number of benzene rings is 1. The van der Waals surface area contributed by atoms with Gasteiger partial charge in [0.25, 0.3) is 0 Å². The molecule has 1 unspecified atom stereocenters. The van der Waals surface area contributed by atoms with Crippen LogP contribution in [0.3, 0.4) is 0 Å². The monoisotopic (exact) mass is 424 g/mol. The van der Waals surface area contributed by atoms with Crippen LogP contribution in [0.25, 0.3) is 16.8 Å². The van der Waals surface area contributed by atoms with E-state index in [1.807, 2.05) is 36.6 Å². The maximum Gasteiger partial charge on any atom is 0.416 e. The Morgan fingerprint density at radius 2 is 1.81 bits per heavy atom. The number of imidazole rings is 1. The number of aryl methyl sites for hydroxylation is 1. The molecule has 5 rings (SSSR count). The highest BCUT2D eigenvalue weighted by molar-refractivity contribution is 6.05. The van der Waals surface area contributed by atoms with Crippen LogP contribution in [-0.4, -0.2) is 24.9 Å². The summed E-state index contributed by atoms with van der Waals surface area (Å²) in [7, 11) is 0. The number of hydrogen-bond acceptors (Lipinski definition) is 3. The van der Waals surface area contributed by atoms with Gasteiger partial charge in [0, 0.05) is 29.2 Å². The van der Waals surface area contributed by atoms with Crippen molar-refractivity contribution in [3.8, 4) is 11.1 Å². The summed E-state index contributed by atoms with van der Waals surface area (Å²) in [6.07, 6.45) is 1.47. The number of ketones is 1. The number of carbonyl (C=O) groups excluding carboxylic acids is 1. The van der Waals surface area contributed by atoms with Crippen LogP contribution in [0, 0.1) is 6.92 Å². The quantitative estimate of drug-likeness (QED) is 0.430. The molecule has 0 bridgehead atoms. The van der Waals surface area contributed by atoms with Gasteiger partial charge in [-0.15, -0.1) is 0 Å². The summed E-state index contributed by atoms with van der Waals surface area (Å²) < 4.78 is 42.5. The van der Waals surface area contributed by atoms with Gasteiger partial charge in [-0.05, 0) is 50.1 Å². The van der Waals surface area contributed by atoms with E-state index in [0.717, 1.165) is 29.0 Å². The minimum absolute atomic E-state index is 0.0625. The molecular formula is C23H19F3N4O. The highest BCUT2D eigenvalue weighted by Crippen LogP contribution is 2.40. The van der Waals surface area contributed by atoms with E-state index in [0.29, 0.717) is 23.2 Å². The van der Waals surface area contributed by atoms with Gasteiger partial charge < -0.3 is 4.40 Å². The minimum atomic E-state index is -4.40. The lowest BCUT2D eigenvalue weighted by Crippen LogP contribution is -2.28. The molecule has 0 amide bonds. The van der Waals surface area contributed by atoms with Crippen LogP contribution in [0.15, 0.2) is 55.0 Å². The van der Waals surface area contributed by atoms with Crippen molar-refractivity contribution in [1.82, 2.24) is 19.2 Å². The van der Waals surface area contributed by atoms with Gasteiger partial charge in [-0.2, -0.15) is 18.3 Å². The second-order valence-electron chi connectivity index (χ2n) is 8.02. The summed E-state index contributed by atoms with van der Waals surface area (Å²) in [5.41, 5.74) is 3.68. The van der Waals surface area contributed by atoms with Crippen molar-refractivity contribution in [2.75, 3.05) is 0 Å². The van der Waals surface area contributed by atoms with Gasteiger partial charge in [0.2, 0.25) is 0 Å². The van der Waals surface area contributed by atoms with Gasteiger partial charge in [-0.25, -0.2) is 4.98 Å². The molecule has 0 saturated heterocycles. The third kappa shape index (κ3) is 3.13. The van der Waals surface area contributed by atoms with Crippen LogP contribution in [0.4, 0.5) is 13.2 Å². The molecule has 31 heavy (non-hydrogen) atoms. The lowest BCUT2D eigenvalue weighted by molar-refractivity contribution is -0.137. The predicted octanol–water partition coefficient (Wildman–Crippen LogP) is 5.46. The molecule has 158 valence electrons. The summed E-state index contributed by atoms with van der Waals surface area (Å²) in [5, 5.41) is 4.45. The summed E-state index contributed by atoms with van der Waals surface area (Å²) in [4.78, 5) is 17.8. The highest BCUT2D eigenvalue weighted by atomic mass is 19.4. The molecule has 4 aromatic rings. The zero-order valence-electron chi connectivity index (χ0n) is 16.9. The number of pyridine rings is 1. The Bertz CT molecular complexity index is 1300. The molecular weight excluding hydrogens is 405 g/mol. The van der Waals surface area contributed by atoms with Gasteiger partial charge in [0.15, 0.2) is 5.78 Å². The van der Waals surface area contributed by atoms with E-state index in [1.165, 1.54) is 12.1 Å². The highest BCUT2D eigenvalue weighted by Gasteiger charge is 2.37. The molecule has 0 radical (unpaired) electrons.